The van der Waals surface area contributed by atoms with Crippen molar-refractivity contribution in [1.29, 1.82) is 5.26 Å². The van der Waals surface area contributed by atoms with Crippen molar-refractivity contribution in [1.82, 2.24) is 0 Å². The van der Waals surface area contributed by atoms with Gasteiger partial charge in [0.05, 0.1) is 17.7 Å². The Morgan fingerprint density at radius 2 is 2.25 bits per heavy atom. The maximum atomic E-state index is 13.5. The molecule has 0 amide bonds. The lowest BCUT2D eigenvalue weighted by molar-refractivity contribution is 0.603. The summed E-state index contributed by atoms with van der Waals surface area (Å²) in [6, 6.07) is 6.85. The Bertz CT molecular complexity index is 428. The zero-order valence-electron chi connectivity index (χ0n) is 8.71. The van der Waals surface area contributed by atoms with E-state index < -0.39 is 0 Å². The molecule has 0 heterocycles. The average molecular weight is 239 g/mol. The van der Waals surface area contributed by atoms with Gasteiger partial charge in [-0.3, -0.25) is 0 Å². The number of hydrogen-bond acceptors (Lipinski definition) is 2. The third-order valence-electron chi connectivity index (χ3n) is 2.95. The molecule has 0 spiro atoms. The molecule has 1 aliphatic carbocycles. The number of nitriles is 1. The maximum Gasteiger partial charge on any atom is 0.147 e. The van der Waals surface area contributed by atoms with Gasteiger partial charge in [0.15, 0.2) is 0 Å². The molecule has 0 bridgehead atoms. The van der Waals surface area contributed by atoms with Gasteiger partial charge < -0.3 is 5.32 Å². The highest BCUT2D eigenvalue weighted by Gasteiger charge is 2.27. The summed E-state index contributed by atoms with van der Waals surface area (Å²) in [4.78, 5) is 0. The summed E-state index contributed by atoms with van der Waals surface area (Å²) >= 11 is 5.67. The quantitative estimate of drug-likeness (QED) is 0.855. The van der Waals surface area contributed by atoms with Crippen molar-refractivity contribution in [3.8, 4) is 6.07 Å². The molecule has 0 aromatic heterocycles. The van der Waals surface area contributed by atoms with E-state index in [1.165, 1.54) is 6.07 Å². The molecule has 2 atom stereocenters. The van der Waals surface area contributed by atoms with Gasteiger partial charge in [0.25, 0.3) is 0 Å². The van der Waals surface area contributed by atoms with Crippen molar-refractivity contribution in [3.05, 3.63) is 29.0 Å². The van der Waals surface area contributed by atoms with Crippen molar-refractivity contribution < 1.29 is 4.39 Å². The first kappa shape index (κ1) is 11.2. The van der Waals surface area contributed by atoms with Crippen molar-refractivity contribution in [2.24, 2.45) is 5.92 Å². The summed E-state index contributed by atoms with van der Waals surface area (Å²) in [5.74, 6) is -0.383. The molecule has 1 aromatic carbocycles. The molecule has 84 valence electrons. The lowest BCUT2D eigenvalue weighted by Gasteiger charge is -2.17. The van der Waals surface area contributed by atoms with Gasteiger partial charge in [-0.15, -0.1) is 0 Å². The molecule has 16 heavy (non-hydrogen) atoms. The summed E-state index contributed by atoms with van der Waals surface area (Å²) in [5, 5.41) is 12.4. The van der Waals surface area contributed by atoms with Gasteiger partial charge in [0.1, 0.15) is 5.82 Å². The van der Waals surface area contributed by atoms with Crippen LogP contribution in [-0.4, -0.2) is 6.04 Å². The number of benzene rings is 1. The second kappa shape index (κ2) is 4.71. The van der Waals surface area contributed by atoms with Gasteiger partial charge in [-0.25, -0.2) is 4.39 Å². The molecule has 1 N–H and O–H groups in total. The zero-order chi connectivity index (χ0) is 11.5. The molecule has 0 aliphatic heterocycles. The fourth-order valence-electron chi connectivity index (χ4n) is 2.09. The van der Waals surface area contributed by atoms with Crippen molar-refractivity contribution >= 4 is 17.3 Å². The van der Waals surface area contributed by atoms with E-state index in [0.29, 0.717) is 10.7 Å². The van der Waals surface area contributed by atoms with Crippen LogP contribution in [0, 0.1) is 23.1 Å². The first-order valence-corrected chi connectivity index (χ1v) is 5.69. The Kier molecular flexibility index (Phi) is 3.31. The third kappa shape index (κ3) is 2.28. The Morgan fingerprint density at radius 3 is 2.94 bits per heavy atom. The molecular formula is C12H12ClFN2. The molecule has 1 saturated carbocycles. The number of hydrogen-bond donors (Lipinski definition) is 1. The first-order chi connectivity index (χ1) is 7.70. The number of nitrogens with zero attached hydrogens (tertiary/aromatic N) is 1. The Labute approximate surface area is 99.0 Å². The molecular weight excluding hydrogens is 227 g/mol. The number of nitrogens with one attached hydrogen (secondary N) is 1. The van der Waals surface area contributed by atoms with Crippen LogP contribution < -0.4 is 5.32 Å². The molecule has 0 saturated heterocycles. The van der Waals surface area contributed by atoms with Gasteiger partial charge >= 0.3 is 0 Å². The van der Waals surface area contributed by atoms with E-state index in [1.807, 2.05) is 0 Å². The van der Waals surface area contributed by atoms with Crippen LogP contribution >= 0.6 is 11.6 Å². The lowest BCUT2D eigenvalue weighted by Crippen LogP contribution is -2.23. The highest BCUT2D eigenvalue weighted by Crippen LogP contribution is 2.29. The van der Waals surface area contributed by atoms with Gasteiger partial charge in [0.2, 0.25) is 0 Å². The van der Waals surface area contributed by atoms with E-state index in [0.717, 1.165) is 19.3 Å². The molecule has 2 unspecified atom stereocenters. The topological polar surface area (TPSA) is 35.8 Å². The molecule has 2 rings (SSSR count). The average Bonchev–Trinajstić information content (AvgIpc) is 2.69. The maximum absolute atomic E-state index is 13.5. The predicted molar refractivity (Wildman–Crippen MR) is 61.8 cm³/mol. The van der Waals surface area contributed by atoms with Crippen LogP contribution in [0.15, 0.2) is 18.2 Å². The van der Waals surface area contributed by atoms with Crippen LogP contribution in [0.25, 0.3) is 0 Å². The second-order valence-corrected chi connectivity index (χ2v) is 4.48. The van der Waals surface area contributed by atoms with E-state index in [-0.39, 0.29) is 17.8 Å². The molecule has 0 radical (unpaired) electrons. The Hall–Kier alpha value is -1.27. The van der Waals surface area contributed by atoms with Crippen molar-refractivity contribution in [2.45, 2.75) is 25.3 Å². The zero-order valence-corrected chi connectivity index (χ0v) is 9.47. The molecule has 1 aliphatic rings. The number of anilines is 1. The highest BCUT2D eigenvalue weighted by molar-refractivity contribution is 6.30. The van der Waals surface area contributed by atoms with Gasteiger partial charge in [-0.1, -0.05) is 11.6 Å². The smallest absolute Gasteiger partial charge is 0.147 e. The van der Waals surface area contributed by atoms with Crippen molar-refractivity contribution in [3.63, 3.8) is 0 Å². The first-order valence-electron chi connectivity index (χ1n) is 5.32. The van der Waals surface area contributed by atoms with Crippen LogP contribution in [0.2, 0.25) is 5.02 Å². The van der Waals surface area contributed by atoms with E-state index >= 15 is 0 Å². The second-order valence-electron chi connectivity index (χ2n) is 4.04. The van der Waals surface area contributed by atoms with Gasteiger partial charge in [-0.2, -0.15) is 5.26 Å². The minimum Gasteiger partial charge on any atom is -0.379 e. The lowest BCUT2D eigenvalue weighted by atomic mass is 10.1. The van der Waals surface area contributed by atoms with Crippen molar-refractivity contribution in [2.75, 3.05) is 5.32 Å². The Balaban J connectivity index is 2.12. The van der Waals surface area contributed by atoms with Crippen LogP contribution in [-0.2, 0) is 0 Å². The van der Waals surface area contributed by atoms with E-state index in [4.69, 9.17) is 16.9 Å². The van der Waals surface area contributed by atoms with Crippen LogP contribution in [0.3, 0.4) is 0 Å². The summed E-state index contributed by atoms with van der Waals surface area (Å²) < 4.78 is 13.5. The summed E-state index contributed by atoms with van der Waals surface area (Å²) in [6.45, 7) is 0. The highest BCUT2D eigenvalue weighted by atomic mass is 35.5. The number of halogens is 2. The number of rotatable bonds is 2. The van der Waals surface area contributed by atoms with Gasteiger partial charge in [-0.05, 0) is 37.5 Å². The summed E-state index contributed by atoms with van der Waals surface area (Å²) in [7, 11) is 0. The normalized spacial score (nSPS) is 24.1. The molecule has 1 fully saturated rings. The van der Waals surface area contributed by atoms with Crippen LogP contribution in [0.1, 0.15) is 19.3 Å². The minimum absolute atomic E-state index is 0.0184. The molecule has 1 aromatic rings. The van der Waals surface area contributed by atoms with E-state index in [9.17, 15) is 4.39 Å². The SMILES string of the molecule is N#CC1CCCC1Nc1ccc(Cl)cc1F. The summed E-state index contributed by atoms with van der Waals surface area (Å²) in [6.07, 6.45) is 2.83. The Morgan fingerprint density at radius 1 is 1.44 bits per heavy atom. The summed E-state index contributed by atoms with van der Waals surface area (Å²) in [5.41, 5.74) is 0.427. The van der Waals surface area contributed by atoms with E-state index in [2.05, 4.69) is 11.4 Å². The fourth-order valence-corrected chi connectivity index (χ4v) is 2.25. The van der Waals surface area contributed by atoms with Gasteiger partial charge in [0, 0.05) is 11.1 Å². The van der Waals surface area contributed by atoms with Crippen LogP contribution in [0.4, 0.5) is 10.1 Å². The predicted octanol–water partition coefficient (Wildman–Crippen LogP) is 3.58. The standard InChI is InChI=1S/C12H12ClFN2/c13-9-4-5-12(10(14)6-9)16-11-3-1-2-8(11)7-15/h4-6,8,11,16H,1-3H2. The van der Waals surface area contributed by atoms with Crippen LogP contribution in [0.5, 0.6) is 0 Å². The third-order valence-corrected chi connectivity index (χ3v) is 3.19. The van der Waals surface area contributed by atoms with E-state index in [1.54, 1.807) is 12.1 Å². The monoisotopic (exact) mass is 238 g/mol. The molecule has 2 nitrogen and oxygen atoms in total. The fraction of sp³-hybridized carbons (Fsp3) is 0.417. The molecule has 4 heteroatoms. The largest absolute Gasteiger partial charge is 0.379 e. The minimum atomic E-state index is -0.365.